The van der Waals surface area contributed by atoms with Gasteiger partial charge < -0.3 is 10.6 Å². The summed E-state index contributed by atoms with van der Waals surface area (Å²) in [7, 11) is 2.17. The van der Waals surface area contributed by atoms with Crippen LogP contribution in [-0.2, 0) is 0 Å². The van der Waals surface area contributed by atoms with E-state index >= 15 is 0 Å². The van der Waals surface area contributed by atoms with Crippen molar-refractivity contribution in [2.24, 2.45) is 11.7 Å². The summed E-state index contributed by atoms with van der Waals surface area (Å²) in [5.41, 5.74) is 6.10. The molecule has 2 heteroatoms. The minimum Gasteiger partial charge on any atom is -0.324 e. The van der Waals surface area contributed by atoms with Crippen molar-refractivity contribution < 1.29 is 0 Å². The molecule has 0 rings (SSSR count). The lowest BCUT2D eigenvalue weighted by Crippen LogP contribution is -2.48. The molecule has 2 N–H and O–H groups in total. The third kappa shape index (κ3) is 5.61. The topological polar surface area (TPSA) is 29.3 Å². The molecule has 2 atom stereocenters. The zero-order valence-corrected chi connectivity index (χ0v) is 10.8. The fraction of sp³-hybridized carbons (Fsp3) is 1.00. The van der Waals surface area contributed by atoms with Crippen molar-refractivity contribution in [2.45, 2.75) is 59.0 Å². The molecule has 0 aliphatic carbocycles. The maximum Gasteiger partial charge on any atom is 0.0252 e. The fourth-order valence-electron chi connectivity index (χ4n) is 1.70. The molecule has 0 bridgehead atoms. The van der Waals surface area contributed by atoms with Gasteiger partial charge in [-0.3, -0.25) is 0 Å². The smallest absolute Gasteiger partial charge is 0.0252 e. The van der Waals surface area contributed by atoms with Crippen molar-refractivity contribution in [3.05, 3.63) is 0 Å². The number of nitrogens with two attached hydrogens (primary N) is 1. The molecule has 0 saturated carbocycles. The fourth-order valence-corrected chi connectivity index (χ4v) is 1.70. The summed E-state index contributed by atoms with van der Waals surface area (Å²) in [6, 6.07) is 0.629. The maximum atomic E-state index is 6.14. The Morgan fingerprint density at radius 2 is 1.79 bits per heavy atom. The Morgan fingerprint density at radius 3 is 2.14 bits per heavy atom. The molecule has 0 saturated heterocycles. The monoisotopic (exact) mass is 200 g/mol. The number of rotatable bonds is 6. The second-order valence-electron chi connectivity index (χ2n) is 5.40. The molecule has 0 radical (unpaired) electrons. The molecule has 0 heterocycles. The first kappa shape index (κ1) is 13.9. The van der Waals surface area contributed by atoms with Crippen molar-refractivity contribution in [3.8, 4) is 0 Å². The summed E-state index contributed by atoms with van der Waals surface area (Å²) < 4.78 is 0. The predicted octanol–water partition coefficient (Wildman–Crippen LogP) is 2.48. The van der Waals surface area contributed by atoms with E-state index in [0.29, 0.717) is 6.04 Å². The number of hydrogen-bond acceptors (Lipinski definition) is 2. The first-order chi connectivity index (χ1) is 6.28. The minimum absolute atomic E-state index is 0.0417. The van der Waals surface area contributed by atoms with Gasteiger partial charge in [0.1, 0.15) is 0 Å². The Morgan fingerprint density at radius 1 is 1.29 bits per heavy atom. The average Bonchev–Trinajstić information content (AvgIpc) is 2.02. The van der Waals surface area contributed by atoms with Gasteiger partial charge in [-0.1, -0.05) is 20.8 Å². The molecule has 14 heavy (non-hydrogen) atoms. The predicted molar refractivity (Wildman–Crippen MR) is 64.4 cm³/mol. The molecule has 86 valence electrons. The molecule has 0 aromatic rings. The van der Waals surface area contributed by atoms with Crippen LogP contribution in [0.3, 0.4) is 0 Å². The van der Waals surface area contributed by atoms with Gasteiger partial charge in [-0.15, -0.1) is 0 Å². The van der Waals surface area contributed by atoms with Crippen molar-refractivity contribution in [1.29, 1.82) is 0 Å². The summed E-state index contributed by atoms with van der Waals surface area (Å²) in [5.74, 6) is 0.762. The number of nitrogens with zero attached hydrogens (tertiary/aromatic N) is 1. The second kappa shape index (κ2) is 5.72. The van der Waals surface area contributed by atoms with Crippen LogP contribution in [0.15, 0.2) is 0 Å². The van der Waals surface area contributed by atoms with Crippen LogP contribution in [0.4, 0.5) is 0 Å². The summed E-state index contributed by atoms with van der Waals surface area (Å²) in [5, 5.41) is 0. The normalized spacial score (nSPS) is 18.6. The average molecular weight is 200 g/mol. The summed E-state index contributed by atoms with van der Waals surface area (Å²) in [6.07, 6.45) is 2.28. The molecular weight excluding hydrogens is 172 g/mol. The van der Waals surface area contributed by atoms with E-state index in [0.717, 1.165) is 18.9 Å². The quantitative estimate of drug-likeness (QED) is 0.714. The van der Waals surface area contributed by atoms with Gasteiger partial charge in [0.15, 0.2) is 0 Å². The van der Waals surface area contributed by atoms with Crippen LogP contribution < -0.4 is 5.73 Å². The molecule has 2 unspecified atom stereocenters. The Balaban J connectivity index is 4.00. The van der Waals surface area contributed by atoms with Crippen LogP contribution in [0.25, 0.3) is 0 Å². The summed E-state index contributed by atoms with van der Waals surface area (Å²) >= 11 is 0. The number of likely N-dealkylation sites (N-methyl/N-ethyl adjacent to an activating group) is 1. The van der Waals surface area contributed by atoms with Gasteiger partial charge in [0.05, 0.1) is 0 Å². The summed E-state index contributed by atoms with van der Waals surface area (Å²) in [4.78, 5) is 2.38. The molecule has 0 aromatic carbocycles. The first-order valence-corrected chi connectivity index (χ1v) is 5.77. The van der Waals surface area contributed by atoms with E-state index in [-0.39, 0.29) is 5.54 Å². The van der Waals surface area contributed by atoms with Crippen LogP contribution in [0.1, 0.15) is 47.5 Å². The van der Waals surface area contributed by atoms with Gasteiger partial charge in [0.2, 0.25) is 0 Å². The van der Waals surface area contributed by atoms with Crippen molar-refractivity contribution >= 4 is 0 Å². The Hall–Kier alpha value is -0.0800. The lowest BCUT2D eigenvalue weighted by Gasteiger charge is -2.33. The van der Waals surface area contributed by atoms with Crippen molar-refractivity contribution in [2.75, 3.05) is 13.6 Å². The first-order valence-electron chi connectivity index (χ1n) is 5.77. The third-order valence-corrected chi connectivity index (χ3v) is 2.98. The minimum atomic E-state index is -0.0417. The molecule has 0 aromatic heterocycles. The molecule has 0 aliphatic rings. The van der Waals surface area contributed by atoms with Gasteiger partial charge in [0.25, 0.3) is 0 Å². The van der Waals surface area contributed by atoms with Crippen LogP contribution in [-0.4, -0.2) is 30.1 Å². The lowest BCUT2D eigenvalue weighted by molar-refractivity contribution is 0.183. The molecular formula is C12H28N2. The zero-order valence-electron chi connectivity index (χ0n) is 10.8. The van der Waals surface area contributed by atoms with E-state index in [1.165, 1.54) is 6.42 Å². The summed E-state index contributed by atoms with van der Waals surface area (Å²) in [6.45, 7) is 12.1. The zero-order chi connectivity index (χ0) is 11.4. The Bertz CT molecular complexity index is 152. The SMILES string of the molecule is CCC(C)(N)CN(C)C(C)CC(C)C. The van der Waals surface area contributed by atoms with Crippen molar-refractivity contribution in [1.82, 2.24) is 4.90 Å². The molecule has 0 aliphatic heterocycles. The van der Waals surface area contributed by atoms with Gasteiger partial charge in [-0.25, -0.2) is 0 Å². The Kier molecular flexibility index (Phi) is 5.68. The highest BCUT2D eigenvalue weighted by molar-refractivity contribution is 4.81. The highest BCUT2D eigenvalue weighted by atomic mass is 15.1. The van der Waals surface area contributed by atoms with Crippen LogP contribution in [0, 0.1) is 5.92 Å². The van der Waals surface area contributed by atoms with Crippen LogP contribution >= 0.6 is 0 Å². The third-order valence-electron chi connectivity index (χ3n) is 2.98. The van der Waals surface area contributed by atoms with Gasteiger partial charge in [-0.2, -0.15) is 0 Å². The highest BCUT2D eigenvalue weighted by Crippen LogP contribution is 2.13. The van der Waals surface area contributed by atoms with E-state index < -0.39 is 0 Å². The van der Waals surface area contributed by atoms with Gasteiger partial charge >= 0.3 is 0 Å². The van der Waals surface area contributed by atoms with Crippen LogP contribution in [0.5, 0.6) is 0 Å². The van der Waals surface area contributed by atoms with Gasteiger partial charge in [0, 0.05) is 18.1 Å². The van der Waals surface area contributed by atoms with E-state index in [4.69, 9.17) is 5.73 Å². The van der Waals surface area contributed by atoms with E-state index in [9.17, 15) is 0 Å². The van der Waals surface area contributed by atoms with E-state index in [1.807, 2.05) is 0 Å². The Labute approximate surface area is 89.9 Å². The molecule has 0 amide bonds. The largest absolute Gasteiger partial charge is 0.324 e. The number of hydrogen-bond donors (Lipinski definition) is 1. The molecule has 0 spiro atoms. The van der Waals surface area contributed by atoms with Crippen LogP contribution in [0.2, 0.25) is 0 Å². The maximum absolute atomic E-state index is 6.14. The van der Waals surface area contributed by atoms with E-state index in [1.54, 1.807) is 0 Å². The molecule has 0 fully saturated rings. The molecule has 2 nitrogen and oxygen atoms in total. The second-order valence-corrected chi connectivity index (χ2v) is 5.40. The van der Waals surface area contributed by atoms with E-state index in [2.05, 4.69) is 46.6 Å². The van der Waals surface area contributed by atoms with Gasteiger partial charge in [-0.05, 0) is 39.7 Å². The lowest BCUT2D eigenvalue weighted by atomic mass is 9.97. The standard InChI is InChI=1S/C12H28N2/c1-7-12(5,13)9-14(6)11(4)8-10(2)3/h10-11H,7-9,13H2,1-6H3. The highest BCUT2D eigenvalue weighted by Gasteiger charge is 2.21. The van der Waals surface area contributed by atoms with Crippen molar-refractivity contribution in [3.63, 3.8) is 0 Å².